The Morgan fingerprint density at radius 3 is 2.78 bits per heavy atom. The molecule has 3 aliphatic rings. The Kier molecular flexibility index (Phi) is 7.70. The molecule has 3 aromatic carbocycles. The Hall–Kier alpha value is -3.86. The topological polar surface area (TPSA) is 106 Å². The van der Waals surface area contributed by atoms with E-state index in [2.05, 4.69) is 16.0 Å². The molecule has 41 heavy (non-hydrogen) atoms. The highest BCUT2D eigenvalue weighted by atomic mass is 35.5. The number of hydrogen-bond acceptors (Lipinski definition) is 6. The molecule has 0 spiro atoms. The number of urea groups is 1. The Bertz CT molecular complexity index is 1440. The van der Waals surface area contributed by atoms with Crippen molar-refractivity contribution in [3.05, 3.63) is 94.3 Å². The van der Waals surface area contributed by atoms with E-state index < -0.39 is 24.0 Å². The van der Waals surface area contributed by atoms with Gasteiger partial charge in [0, 0.05) is 43.4 Å². The number of ether oxygens (including phenoxy) is 1. The summed E-state index contributed by atoms with van der Waals surface area (Å²) in [5.41, 5.74) is 3.81. The van der Waals surface area contributed by atoms with Crippen LogP contribution in [0.3, 0.4) is 0 Å². The quantitative estimate of drug-likeness (QED) is 0.347. The maximum Gasteiger partial charge on any atom is 0.315 e. The van der Waals surface area contributed by atoms with Gasteiger partial charge in [0.2, 0.25) is 0 Å². The molecule has 3 heterocycles. The number of carbonyl (C=O) groups excluding carboxylic acids is 2. The van der Waals surface area contributed by atoms with E-state index >= 15 is 0 Å². The summed E-state index contributed by atoms with van der Waals surface area (Å²) in [6, 6.07) is 17.4. The van der Waals surface area contributed by atoms with Crippen molar-refractivity contribution in [2.75, 3.05) is 30.0 Å². The van der Waals surface area contributed by atoms with Crippen molar-refractivity contribution >= 4 is 34.9 Å². The Balaban J connectivity index is 1.16. The summed E-state index contributed by atoms with van der Waals surface area (Å²) in [7, 11) is 0. The predicted octanol–water partition coefficient (Wildman–Crippen LogP) is 4.29. The largest absolute Gasteiger partial charge is 0.389 e. The number of hydrogen-bond donors (Lipinski definition) is 4. The second kappa shape index (κ2) is 11.6. The summed E-state index contributed by atoms with van der Waals surface area (Å²) in [5.74, 6) is -0.804. The zero-order valence-electron chi connectivity index (χ0n) is 22.2. The van der Waals surface area contributed by atoms with Gasteiger partial charge < -0.3 is 25.8 Å². The lowest BCUT2D eigenvalue weighted by atomic mass is 9.89. The average Bonchev–Trinajstić information content (AvgIpc) is 3.48. The first-order valence-electron chi connectivity index (χ1n) is 13.7. The fourth-order valence-corrected chi connectivity index (χ4v) is 5.91. The number of anilines is 2. The van der Waals surface area contributed by atoms with Crippen molar-refractivity contribution in [1.29, 1.82) is 0 Å². The van der Waals surface area contributed by atoms with E-state index in [0.29, 0.717) is 42.2 Å². The third-order valence-corrected chi connectivity index (χ3v) is 8.10. The molecule has 0 radical (unpaired) electrons. The molecule has 9 nitrogen and oxygen atoms in total. The minimum Gasteiger partial charge on any atom is -0.389 e. The first-order chi connectivity index (χ1) is 19.9. The van der Waals surface area contributed by atoms with Gasteiger partial charge in [-0.25, -0.2) is 9.18 Å². The van der Waals surface area contributed by atoms with Gasteiger partial charge in [0.05, 0.1) is 35.6 Å². The first-order valence-corrected chi connectivity index (χ1v) is 14.1. The summed E-state index contributed by atoms with van der Waals surface area (Å²) >= 11 is 6.36. The molecule has 2 bridgehead atoms. The zero-order chi connectivity index (χ0) is 28.5. The second-order valence-corrected chi connectivity index (χ2v) is 10.9. The van der Waals surface area contributed by atoms with Crippen LogP contribution in [0.2, 0.25) is 5.02 Å². The molecule has 11 heteroatoms. The van der Waals surface area contributed by atoms with E-state index in [4.69, 9.17) is 16.3 Å². The van der Waals surface area contributed by atoms with Gasteiger partial charge in [0.15, 0.2) is 0 Å². The van der Waals surface area contributed by atoms with Gasteiger partial charge in [0.1, 0.15) is 11.9 Å². The summed E-state index contributed by atoms with van der Waals surface area (Å²) in [6.45, 7) is 1.41. The van der Waals surface area contributed by atoms with Crippen molar-refractivity contribution in [2.45, 2.75) is 43.7 Å². The van der Waals surface area contributed by atoms with Crippen LogP contribution in [0.4, 0.5) is 20.6 Å². The Morgan fingerprint density at radius 2 is 1.95 bits per heavy atom. The number of hydrazine groups is 1. The van der Waals surface area contributed by atoms with Crippen LogP contribution in [0.1, 0.15) is 41.7 Å². The lowest BCUT2D eigenvalue weighted by Crippen LogP contribution is -2.49. The van der Waals surface area contributed by atoms with Crippen molar-refractivity contribution in [1.82, 2.24) is 15.6 Å². The third-order valence-electron chi connectivity index (χ3n) is 7.78. The van der Waals surface area contributed by atoms with Gasteiger partial charge in [-0.05, 0) is 41.8 Å². The van der Waals surface area contributed by atoms with E-state index in [1.54, 1.807) is 29.3 Å². The molecule has 3 aliphatic heterocycles. The van der Waals surface area contributed by atoms with Crippen molar-refractivity contribution < 1.29 is 23.8 Å². The highest BCUT2D eigenvalue weighted by Crippen LogP contribution is 2.39. The SMILES string of the molecule is O=C(NCc1ccc2c(c1)[C@H]1C[C@@H](N2)[C@H](O)CO1)N[C@H](C(=O)N1CCCN1c1cc(F)ccc1Cl)c1ccccc1. The number of aliphatic hydroxyl groups is 1. The van der Waals surface area contributed by atoms with E-state index in [9.17, 15) is 19.1 Å². The fraction of sp³-hybridized carbons (Fsp3) is 0.333. The van der Waals surface area contributed by atoms with Gasteiger partial charge in [-0.2, -0.15) is 0 Å². The van der Waals surface area contributed by atoms with Crippen molar-refractivity contribution in [3.8, 4) is 0 Å². The van der Waals surface area contributed by atoms with Crippen LogP contribution in [0.25, 0.3) is 0 Å². The van der Waals surface area contributed by atoms with E-state index in [1.807, 2.05) is 24.3 Å². The van der Waals surface area contributed by atoms with E-state index in [1.165, 1.54) is 23.2 Å². The van der Waals surface area contributed by atoms with Gasteiger partial charge >= 0.3 is 6.03 Å². The maximum absolute atomic E-state index is 14.0. The molecule has 2 fully saturated rings. The van der Waals surface area contributed by atoms with Crippen molar-refractivity contribution in [3.63, 3.8) is 0 Å². The fourth-order valence-electron chi connectivity index (χ4n) is 5.70. The van der Waals surface area contributed by atoms with Crippen LogP contribution in [0.15, 0.2) is 66.7 Å². The number of aliphatic hydroxyl groups excluding tert-OH is 1. The lowest BCUT2D eigenvalue weighted by Gasteiger charge is -2.40. The number of carbonyl (C=O) groups is 2. The van der Waals surface area contributed by atoms with Gasteiger partial charge in [-0.15, -0.1) is 0 Å². The smallest absolute Gasteiger partial charge is 0.315 e. The standard InChI is InChI=1S/C30H31ClFN5O4/c31-22-9-8-20(32)14-25(22)36-11-4-12-37(36)29(39)28(19-5-2-1-3-6-19)35-30(40)33-16-18-7-10-23-21(13-18)27-15-24(34-23)26(38)17-41-27/h1-3,5-10,13-14,24,26-28,34,38H,4,11-12,15-17H2,(H2,33,35,40)/t24-,26-,27-,28+/m1/s1. The molecule has 4 N–H and O–H groups in total. The number of nitrogens with one attached hydrogen (secondary N) is 3. The van der Waals surface area contributed by atoms with E-state index in [0.717, 1.165) is 16.8 Å². The molecule has 0 aromatic heterocycles. The third kappa shape index (κ3) is 5.68. The number of amides is 3. The molecule has 3 aromatic rings. The average molecular weight is 580 g/mol. The molecule has 2 saturated heterocycles. The molecular weight excluding hydrogens is 549 g/mol. The molecular formula is C30H31ClFN5O4. The van der Waals surface area contributed by atoms with Gasteiger partial charge in [-0.3, -0.25) is 14.8 Å². The minimum atomic E-state index is -0.976. The van der Waals surface area contributed by atoms with E-state index in [-0.39, 0.29) is 31.2 Å². The number of halogens is 2. The van der Waals surface area contributed by atoms with Gasteiger partial charge in [0.25, 0.3) is 5.91 Å². The summed E-state index contributed by atoms with van der Waals surface area (Å²) < 4.78 is 19.9. The Morgan fingerprint density at radius 1 is 1.12 bits per heavy atom. The monoisotopic (exact) mass is 579 g/mol. The maximum atomic E-state index is 14.0. The molecule has 6 rings (SSSR count). The van der Waals surface area contributed by atoms with Gasteiger partial charge in [-0.1, -0.05) is 48.0 Å². The number of rotatable bonds is 6. The molecule has 0 saturated carbocycles. The van der Waals surface area contributed by atoms with Crippen LogP contribution in [0.5, 0.6) is 0 Å². The minimum absolute atomic E-state index is 0.0352. The molecule has 214 valence electrons. The van der Waals surface area contributed by atoms with Crippen LogP contribution < -0.4 is 21.0 Å². The number of fused-ring (bicyclic) bond motifs is 4. The summed E-state index contributed by atoms with van der Waals surface area (Å²) in [4.78, 5) is 27.0. The summed E-state index contributed by atoms with van der Waals surface area (Å²) in [5, 5.41) is 22.7. The normalized spacial score (nSPS) is 22.0. The molecule has 0 unspecified atom stereocenters. The zero-order valence-corrected chi connectivity index (χ0v) is 23.0. The predicted molar refractivity (Wildman–Crippen MR) is 153 cm³/mol. The van der Waals surface area contributed by atoms with Crippen LogP contribution >= 0.6 is 11.6 Å². The van der Waals surface area contributed by atoms with Crippen LogP contribution in [-0.2, 0) is 16.1 Å². The number of nitrogens with zero attached hydrogens (tertiary/aromatic N) is 2. The van der Waals surface area contributed by atoms with Crippen LogP contribution in [-0.4, -0.2) is 53.9 Å². The highest BCUT2D eigenvalue weighted by molar-refractivity contribution is 6.33. The number of benzene rings is 3. The van der Waals surface area contributed by atoms with Crippen molar-refractivity contribution in [2.24, 2.45) is 0 Å². The lowest BCUT2D eigenvalue weighted by molar-refractivity contribution is -0.132. The summed E-state index contributed by atoms with van der Waals surface area (Å²) in [6.07, 6.45) is 0.705. The second-order valence-electron chi connectivity index (χ2n) is 10.5. The first kappa shape index (κ1) is 27.3. The molecule has 0 aliphatic carbocycles. The molecule has 3 amide bonds. The molecule has 4 atom stereocenters. The van der Waals surface area contributed by atoms with Crippen LogP contribution in [0, 0.1) is 5.82 Å². The highest BCUT2D eigenvalue weighted by Gasteiger charge is 2.37. The Labute approximate surface area is 242 Å².